The fraction of sp³-hybridized carbons (Fsp3) is 0.364. The highest BCUT2D eigenvalue weighted by Gasteiger charge is 2.36. The molecule has 0 saturated heterocycles. The largest absolute Gasteiger partial charge is 0.407 e. The number of nitrogens with zero attached hydrogens (tertiary/aromatic N) is 2. The third-order valence-electron chi connectivity index (χ3n) is 5.21. The third-order valence-corrected chi connectivity index (χ3v) is 5.70. The Bertz CT molecular complexity index is 1010. The molecule has 1 aliphatic rings. The van der Waals surface area contributed by atoms with Crippen molar-refractivity contribution in [3.63, 3.8) is 0 Å². The minimum Gasteiger partial charge on any atom is -0.380 e. The predicted molar refractivity (Wildman–Crippen MR) is 112 cm³/mol. The summed E-state index contributed by atoms with van der Waals surface area (Å²) in [6.07, 6.45) is -3.27. The monoisotopic (exact) mass is 480 g/mol. The SMILES string of the molecule is [C-]#[N+]c1ccc(CC(=O)[C@@](C)(O)CN2CCCc3cc(Br)ccc32)cc1C(F)(F)F. The van der Waals surface area contributed by atoms with E-state index in [9.17, 15) is 23.1 Å². The lowest BCUT2D eigenvalue weighted by atomic mass is 9.92. The summed E-state index contributed by atoms with van der Waals surface area (Å²) in [6, 6.07) is 9.03. The first-order valence-corrected chi connectivity index (χ1v) is 10.2. The van der Waals surface area contributed by atoms with Crippen molar-refractivity contribution in [2.24, 2.45) is 0 Å². The van der Waals surface area contributed by atoms with Gasteiger partial charge in [-0.15, -0.1) is 0 Å². The number of hydrogen-bond donors (Lipinski definition) is 1. The Kier molecular flexibility index (Phi) is 6.25. The molecule has 4 nitrogen and oxygen atoms in total. The van der Waals surface area contributed by atoms with Crippen LogP contribution in [0.2, 0.25) is 0 Å². The fourth-order valence-corrected chi connectivity index (χ4v) is 4.07. The second-order valence-corrected chi connectivity index (χ2v) is 8.55. The Morgan fingerprint density at radius 1 is 1.27 bits per heavy atom. The molecule has 0 aliphatic carbocycles. The maximum atomic E-state index is 13.2. The Morgan fingerprint density at radius 3 is 2.67 bits per heavy atom. The predicted octanol–water partition coefficient (Wildman–Crippen LogP) is 5.33. The number of halogens is 4. The van der Waals surface area contributed by atoms with Gasteiger partial charge in [-0.3, -0.25) is 4.79 Å². The van der Waals surface area contributed by atoms with E-state index in [-0.39, 0.29) is 18.5 Å². The van der Waals surface area contributed by atoms with Gasteiger partial charge in [0.15, 0.2) is 11.5 Å². The summed E-state index contributed by atoms with van der Waals surface area (Å²) >= 11 is 3.44. The summed E-state index contributed by atoms with van der Waals surface area (Å²) in [4.78, 5) is 17.6. The second-order valence-electron chi connectivity index (χ2n) is 7.63. The van der Waals surface area contributed by atoms with Crippen molar-refractivity contribution in [3.8, 4) is 0 Å². The Morgan fingerprint density at radius 2 is 2.00 bits per heavy atom. The zero-order valence-corrected chi connectivity index (χ0v) is 17.8. The molecule has 2 aromatic carbocycles. The van der Waals surface area contributed by atoms with Gasteiger partial charge in [-0.25, -0.2) is 4.85 Å². The molecule has 0 fully saturated rings. The summed E-state index contributed by atoms with van der Waals surface area (Å²) in [5.41, 5.74) is -1.15. The number of alkyl halides is 3. The number of ketones is 1. The number of carbonyl (C=O) groups excluding carboxylic acids is 1. The molecule has 1 aliphatic heterocycles. The number of fused-ring (bicyclic) bond motifs is 1. The van der Waals surface area contributed by atoms with E-state index in [1.807, 2.05) is 23.1 Å². The highest BCUT2D eigenvalue weighted by atomic mass is 79.9. The smallest absolute Gasteiger partial charge is 0.380 e. The van der Waals surface area contributed by atoms with E-state index >= 15 is 0 Å². The fourth-order valence-electron chi connectivity index (χ4n) is 3.66. The zero-order chi connectivity index (χ0) is 22.1. The summed E-state index contributed by atoms with van der Waals surface area (Å²) in [5, 5.41) is 10.8. The van der Waals surface area contributed by atoms with Crippen LogP contribution in [-0.4, -0.2) is 29.6 Å². The lowest BCUT2D eigenvalue weighted by Gasteiger charge is -2.36. The molecule has 2 aromatic rings. The van der Waals surface area contributed by atoms with E-state index in [1.54, 1.807) is 0 Å². The molecule has 0 bridgehead atoms. The number of aryl methyl sites for hydroxylation is 1. The van der Waals surface area contributed by atoms with Crippen molar-refractivity contribution in [1.29, 1.82) is 0 Å². The summed E-state index contributed by atoms with van der Waals surface area (Å²) in [5.74, 6) is -0.574. The van der Waals surface area contributed by atoms with Gasteiger partial charge in [0.05, 0.1) is 18.7 Å². The lowest BCUT2D eigenvalue weighted by Crippen LogP contribution is -2.49. The Labute approximate surface area is 181 Å². The van der Waals surface area contributed by atoms with Crippen LogP contribution < -0.4 is 4.90 Å². The molecule has 1 N–H and O–H groups in total. The summed E-state index contributed by atoms with van der Waals surface area (Å²) < 4.78 is 40.5. The maximum absolute atomic E-state index is 13.2. The standard InChI is InChI=1S/C22H20BrF3N2O2/c1-21(30,13-28-9-3-4-15-12-16(23)6-8-19(15)28)20(29)11-14-5-7-18(27-2)17(10-14)22(24,25)26/h5-8,10,12,30H,3-4,9,11,13H2,1H3/t21-/m0/s1. The van der Waals surface area contributed by atoms with E-state index in [2.05, 4.69) is 20.8 Å². The molecule has 0 aromatic heterocycles. The van der Waals surface area contributed by atoms with Crippen LogP contribution in [0.25, 0.3) is 4.85 Å². The first kappa shape index (κ1) is 22.3. The van der Waals surface area contributed by atoms with Crippen molar-refractivity contribution in [2.45, 2.75) is 38.0 Å². The van der Waals surface area contributed by atoms with Gasteiger partial charge in [-0.1, -0.05) is 34.1 Å². The van der Waals surface area contributed by atoms with Crippen molar-refractivity contribution in [1.82, 2.24) is 0 Å². The van der Waals surface area contributed by atoms with E-state index in [1.165, 1.54) is 13.0 Å². The number of carbonyl (C=O) groups is 1. The van der Waals surface area contributed by atoms with Crippen LogP contribution >= 0.6 is 15.9 Å². The van der Waals surface area contributed by atoms with E-state index < -0.39 is 28.8 Å². The molecular formula is C22H20BrF3N2O2. The van der Waals surface area contributed by atoms with Gasteiger partial charge in [0.2, 0.25) is 0 Å². The van der Waals surface area contributed by atoms with Gasteiger partial charge in [0.25, 0.3) is 0 Å². The van der Waals surface area contributed by atoms with Gasteiger partial charge < -0.3 is 10.0 Å². The molecule has 8 heteroatoms. The number of hydrogen-bond acceptors (Lipinski definition) is 3. The number of Topliss-reactive ketones (excluding diaryl/α,β-unsaturated/α-hetero) is 1. The molecule has 0 spiro atoms. The number of β-amino-alcohol motifs (C(OH)–C–C–N with tert-alkyl or cyclic N) is 1. The highest BCUT2D eigenvalue weighted by molar-refractivity contribution is 9.10. The van der Waals surface area contributed by atoms with E-state index in [4.69, 9.17) is 6.57 Å². The van der Waals surface area contributed by atoms with Crippen LogP contribution in [0.1, 0.15) is 30.0 Å². The topological polar surface area (TPSA) is 44.9 Å². The average molecular weight is 481 g/mol. The normalized spacial score (nSPS) is 15.8. The molecular weight excluding hydrogens is 461 g/mol. The van der Waals surface area contributed by atoms with E-state index in [0.29, 0.717) is 6.54 Å². The minimum atomic E-state index is -4.69. The van der Waals surface area contributed by atoms with Crippen molar-refractivity contribution < 1.29 is 23.1 Å². The number of benzene rings is 2. The highest BCUT2D eigenvalue weighted by Crippen LogP contribution is 2.37. The minimum absolute atomic E-state index is 0.0483. The van der Waals surface area contributed by atoms with Gasteiger partial charge in [-0.05, 0) is 49.1 Å². The molecule has 0 radical (unpaired) electrons. The van der Waals surface area contributed by atoms with Gasteiger partial charge >= 0.3 is 6.18 Å². The van der Waals surface area contributed by atoms with Crippen LogP contribution in [0, 0.1) is 6.57 Å². The first-order chi connectivity index (χ1) is 14.0. The molecule has 0 unspecified atom stereocenters. The number of anilines is 1. The van der Waals surface area contributed by atoms with Crippen LogP contribution in [0.15, 0.2) is 40.9 Å². The van der Waals surface area contributed by atoms with Gasteiger partial charge in [-0.2, -0.15) is 13.2 Å². The maximum Gasteiger partial charge on any atom is 0.407 e. The van der Waals surface area contributed by atoms with Crippen molar-refractivity contribution in [2.75, 3.05) is 18.0 Å². The zero-order valence-electron chi connectivity index (χ0n) is 16.3. The average Bonchev–Trinajstić information content (AvgIpc) is 2.67. The van der Waals surface area contributed by atoms with Crippen molar-refractivity contribution >= 4 is 33.1 Å². The molecule has 30 heavy (non-hydrogen) atoms. The van der Waals surface area contributed by atoms with Gasteiger partial charge in [0, 0.05) is 23.1 Å². The Balaban J connectivity index is 1.79. The second kappa shape index (κ2) is 8.40. The number of aliphatic hydroxyl groups is 1. The van der Waals surface area contributed by atoms with Gasteiger partial charge in [0.1, 0.15) is 5.60 Å². The molecule has 3 rings (SSSR count). The molecule has 0 saturated carbocycles. The summed E-state index contributed by atoms with van der Waals surface area (Å²) in [6.45, 7) is 9.02. The molecule has 1 atom stereocenters. The molecule has 0 amide bonds. The third kappa shape index (κ3) is 4.85. The van der Waals surface area contributed by atoms with Crippen LogP contribution in [0.4, 0.5) is 24.5 Å². The first-order valence-electron chi connectivity index (χ1n) is 9.38. The Hall–Kier alpha value is -2.37. The van der Waals surface area contributed by atoms with Crippen LogP contribution in [-0.2, 0) is 23.8 Å². The number of rotatable bonds is 5. The van der Waals surface area contributed by atoms with Crippen LogP contribution in [0.3, 0.4) is 0 Å². The lowest BCUT2D eigenvalue weighted by molar-refractivity contribution is -0.137. The molecule has 1 heterocycles. The van der Waals surface area contributed by atoms with E-state index in [0.717, 1.165) is 40.7 Å². The van der Waals surface area contributed by atoms with Crippen LogP contribution in [0.5, 0.6) is 0 Å². The molecule has 158 valence electrons. The van der Waals surface area contributed by atoms with Crippen molar-refractivity contribution in [3.05, 3.63) is 69.0 Å². The summed E-state index contributed by atoms with van der Waals surface area (Å²) in [7, 11) is 0. The quantitative estimate of drug-likeness (QED) is 0.587.